The van der Waals surface area contributed by atoms with E-state index in [4.69, 9.17) is 0 Å². The summed E-state index contributed by atoms with van der Waals surface area (Å²) >= 11 is 3.50. The number of amides is 1. The van der Waals surface area contributed by atoms with Crippen molar-refractivity contribution in [2.45, 2.75) is 30.3 Å². The molecule has 1 aromatic heterocycles. The molecule has 1 fully saturated rings. The third kappa shape index (κ3) is 6.01. The summed E-state index contributed by atoms with van der Waals surface area (Å²) in [5, 5.41) is 2.90. The fraction of sp³-hybridized carbons (Fsp3) is 0.172. The van der Waals surface area contributed by atoms with Crippen molar-refractivity contribution >= 4 is 37.5 Å². The molecular weight excluding hydrogens is 569 g/mol. The van der Waals surface area contributed by atoms with Gasteiger partial charge in [-0.2, -0.15) is 4.31 Å². The van der Waals surface area contributed by atoms with Gasteiger partial charge in [-0.05, 0) is 83.6 Å². The minimum absolute atomic E-state index is 0.0699. The number of nitrogens with zero attached hydrogens (tertiary/aromatic N) is 2. The fourth-order valence-electron chi connectivity index (χ4n) is 4.39. The fourth-order valence-corrected chi connectivity index (χ4v) is 6.21. The van der Waals surface area contributed by atoms with Gasteiger partial charge < -0.3 is 5.32 Å². The van der Waals surface area contributed by atoms with Crippen molar-refractivity contribution in [3.8, 4) is 0 Å². The monoisotopic (exact) mass is 593 g/mol. The molecule has 38 heavy (non-hydrogen) atoms. The topological polar surface area (TPSA) is 79.4 Å². The lowest BCUT2D eigenvalue weighted by Crippen LogP contribution is -2.30. The number of anilines is 1. The Balaban J connectivity index is 1.32. The number of benzene rings is 3. The number of pyridine rings is 1. The molecule has 1 heterocycles. The summed E-state index contributed by atoms with van der Waals surface area (Å²) in [6.07, 6.45) is 4.21. The van der Waals surface area contributed by atoms with Crippen molar-refractivity contribution in [1.29, 1.82) is 0 Å². The maximum absolute atomic E-state index is 13.7. The van der Waals surface area contributed by atoms with E-state index in [9.17, 15) is 17.6 Å². The number of hydrogen-bond donors (Lipinski definition) is 1. The molecule has 5 rings (SSSR count). The molecule has 4 aromatic rings. The van der Waals surface area contributed by atoms with Crippen LogP contribution in [0.2, 0.25) is 0 Å². The van der Waals surface area contributed by atoms with Gasteiger partial charge in [-0.15, -0.1) is 0 Å². The van der Waals surface area contributed by atoms with E-state index in [-0.39, 0.29) is 41.5 Å². The molecule has 2 atom stereocenters. The first-order valence-electron chi connectivity index (χ1n) is 12.1. The zero-order valence-electron chi connectivity index (χ0n) is 20.3. The van der Waals surface area contributed by atoms with E-state index >= 15 is 0 Å². The molecule has 0 radical (unpaired) electrons. The summed E-state index contributed by atoms with van der Waals surface area (Å²) in [6.45, 7) is 0.193. The van der Waals surface area contributed by atoms with Crippen LogP contribution in [0.3, 0.4) is 0 Å². The summed E-state index contributed by atoms with van der Waals surface area (Å²) in [7, 11) is -3.92. The maximum atomic E-state index is 13.7. The number of aromatic nitrogens is 1. The lowest BCUT2D eigenvalue weighted by atomic mass is 10.1. The first kappa shape index (κ1) is 26.2. The summed E-state index contributed by atoms with van der Waals surface area (Å²) in [4.78, 5) is 16.8. The van der Waals surface area contributed by atoms with Crippen LogP contribution in [0.25, 0.3) is 0 Å². The molecule has 0 saturated heterocycles. The average Bonchev–Trinajstić information content (AvgIpc) is 3.73. The Morgan fingerprint density at radius 1 is 0.947 bits per heavy atom. The third-order valence-electron chi connectivity index (χ3n) is 6.60. The van der Waals surface area contributed by atoms with Crippen LogP contribution in [0.1, 0.15) is 29.0 Å². The largest absolute Gasteiger partial charge is 0.326 e. The number of halogens is 2. The van der Waals surface area contributed by atoms with E-state index in [0.29, 0.717) is 11.3 Å². The Bertz CT molecular complexity index is 1530. The first-order chi connectivity index (χ1) is 18.3. The lowest BCUT2D eigenvalue weighted by molar-refractivity contribution is -0.117. The zero-order chi connectivity index (χ0) is 26.7. The molecule has 1 amide bonds. The molecule has 0 bridgehead atoms. The number of nitrogens with one attached hydrogen (secondary N) is 1. The summed E-state index contributed by atoms with van der Waals surface area (Å²) < 4.78 is 43.0. The van der Waals surface area contributed by atoms with Crippen LogP contribution < -0.4 is 5.32 Å². The van der Waals surface area contributed by atoms with Crippen LogP contribution in [-0.4, -0.2) is 23.6 Å². The van der Waals surface area contributed by atoms with Gasteiger partial charge in [0.2, 0.25) is 15.9 Å². The van der Waals surface area contributed by atoms with Gasteiger partial charge in [0, 0.05) is 41.6 Å². The highest BCUT2D eigenvalue weighted by Crippen LogP contribution is 2.47. The van der Waals surface area contributed by atoms with Gasteiger partial charge in [-0.1, -0.05) is 46.3 Å². The number of rotatable bonds is 9. The minimum Gasteiger partial charge on any atom is -0.326 e. The van der Waals surface area contributed by atoms with Gasteiger partial charge in [0.05, 0.1) is 4.90 Å². The van der Waals surface area contributed by atoms with Crippen LogP contribution in [-0.2, 0) is 27.9 Å². The number of sulfonamides is 1. The zero-order valence-corrected chi connectivity index (χ0v) is 22.7. The molecule has 1 aliphatic rings. The van der Waals surface area contributed by atoms with Crippen molar-refractivity contribution in [2.75, 3.05) is 5.32 Å². The Labute approximate surface area is 229 Å². The van der Waals surface area contributed by atoms with E-state index in [1.165, 1.54) is 28.6 Å². The number of hydrogen-bond acceptors (Lipinski definition) is 4. The SMILES string of the molecule is O=C(Nc1ccc(S(=O)(=O)N(Cc2ccc(F)cc2)Cc2ccccc2Br)cc1)C1CC1c1ccncc1. The molecule has 6 nitrogen and oxygen atoms in total. The predicted octanol–water partition coefficient (Wildman–Crippen LogP) is 6.12. The van der Waals surface area contributed by atoms with Gasteiger partial charge >= 0.3 is 0 Å². The Morgan fingerprint density at radius 3 is 2.32 bits per heavy atom. The van der Waals surface area contributed by atoms with Gasteiger partial charge in [-0.3, -0.25) is 9.78 Å². The molecule has 9 heteroatoms. The molecule has 3 aromatic carbocycles. The third-order valence-corrected chi connectivity index (χ3v) is 9.18. The van der Waals surface area contributed by atoms with E-state index in [1.54, 1.807) is 36.7 Å². The van der Waals surface area contributed by atoms with Gasteiger partial charge in [0.1, 0.15) is 5.82 Å². The molecular formula is C29H25BrFN3O3S. The number of carbonyl (C=O) groups excluding carboxylic acids is 1. The highest BCUT2D eigenvalue weighted by atomic mass is 79.9. The average molecular weight is 595 g/mol. The molecule has 1 saturated carbocycles. The van der Waals surface area contributed by atoms with E-state index in [1.807, 2.05) is 36.4 Å². The Morgan fingerprint density at radius 2 is 1.63 bits per heavy atom. The van der Waals surface area contributed by atoms with Crippen molar-refractivity contribution in [2.24, 2.45) is 5.92 Å². The van der Waals surface area contributed by atoms with Crippen molar-refractivity contribution in [3.63, 3.8) is 0 Å². The van der Waals surface area contributed by atoms with Gasteiger partial charge in [0.15, 0.2) is 0 Å². The van der Waals surface area contributed by atoms with Crippen LogP contribution in [0.5, 0.6) is 0 Å². The molecule has 1 N–H and O–H groups in total. The van der Waals surface area contributed by atoms with Crippen molar-refractivity contribution in [3.05, 3.63) is 124 Å². The molecule has 0 spiro atoms. The molecule has 1 aliphatic carbocycles. The van der Waals surface area contributed by atoms with Crippen molar-refractivity contribution < 1.29 is 17.6 Å². The molecule has 194 valence electrons. The van der Waals surface area contributed by atoms with Crippen LogP contribution >= 0.6 is 15.9 Å². The Kier molecular flexibility index (Phi) is 7.69. The second-order valence-electron chi connectivity index (χ2n) is 9.23. The highest BCUT2D eigenvalue weighted by Gasteiger charge is 2.43. The van der Waals surface area contributed by atoms with Crippen molar-refractivity contribution in [1.82, 2.24) is 9.29 Å². The molecule has 2 unspecified atom stereocenters. The summed E-state index contributed by atoms with van der Waals surface area (Å²) in [5.41, 5.74) is 3.09. The van der Waals surface area contributed by atoms with Crippen LogP contribution in [0, 0.1) is 11.7 Å². The quantitative estimate of drug-likeness (QED) is 0.254. The second-order valence-corrected chi connectivity index (χ2v) is 12.0. The van der Waals surface area contributed by atoms with E-state index in [0.717, 1.165) is 22.0 Å². The first-order valence-corrected chi connectivity index (χ1v) is 14.3. The summed E-state index contributed by atoms with van der Waals surface area (Å²) in [6, 6.07) is 23.2. The van der Waals surface area contributed by atoms with Gasteiger partial charge in [-0.25, -0.2) is 12.8 Å². The standard InChI is InChI=1S/C29H25BrFN3O3S/c30-28-4-2-1-3-22(28)19-34(18-20-5-7-23(31)8-6-20)38(36,37)25-11-9-24(10-12-25)33-29(35)27-17-26(27)21-13-15-32-16-14-21/h1-16,26-27H,17-19H2,(H,33,35). The smallest absolute Gasteiger partial charge is 0.243 e. The van der Waals surface area contributed by atoms with Gasteiger partial charge in [0.25, 0.3) is 0 Å². The van der Waals surface area contributed by atoms with Crippen LogP contribution in [0.15, 0.2) is 107 Å². The van der Waals surface area contributed by atoms with Crippen LogP contribution in [0.4, 0.5) is 10.1 Å². The van der Waals surface area contributed by atoms with E-state index in [2.05, 4.69) is 26.2 Å². The molecule has 0 aliphatic heterocycles. The normalized spacial score (nSPS) is 16.8. The second kappa shape index (κ2) is 11.1. The summed E-state index contributed by atoms with van der Waals surface area (Å²) in [5.74, 6) is -0.412. The maximum Gasteiger partial charge on any atom is 0.243 e. The predicted molar refractivity (Wildman–Crippen MR) is 147 cm³/mol. The number of carbonyl (C=O) groups is 1. The lowest BCUT2D eigenvalue weighted by Gasteiger charge is -2.23. The highest BCUT2D eigenvalue weighted by molar-refractivity contribution is 9.10. The Hall–Kier alpha value is -3.40. The minimum atomic E-state index is -3.92. The van der Waals surface area contributed by atoms with E-state index < -0.39 is 10.0 Å².